The van der Waals surface area contributed by atoms with Gasteiger partial charge in [-0.2, -0.15) is 0 Å². The van der Waals surface area contributed by atoms with E-state index in [0.29, 0.717) is 5.56 Å². The van der Waals surface area contributed by atoms with E-state index >= 15 is 0 Å². The number of sulfonamides is 1. The van der Waals surface area contributed by atoms with Crippen molar-refractivity contribution in [3.05, 3.63) is 45.9 Å². The molecule has 0 saturated carbocycles. The van der Waals surface area contributed by atoms with E-state index in [1.807, 2.05) is 6.92 Å². The number of nitrogens with one attached hydrogen (secondary N) is 1. The highest BCUT2D eigenvalue weighted by molar-refractivity contribution is 7.89. The fraction of sp³-hybridized carbons (Fsp3) is 0.231. The van der Waals surface area contributed by atoms with Gasteiger partial charge in [-0.3, -0.25) is 0 Å². The maximum atomic E-state index is 12.2. The number of hydrogen-bond donors (Lipinski definition) is 2. The smallest absolute Gasteiger partial charge is 0.240 e. The lowest BCUT2D eigenvalue weighted by atomic mass is 10.2. The second kappa shape index (κ2) is 6.61. The zero-order chi connectivity index (χ0) is 15.5. The molecule has 1 heterocycles. The average Bonchev–Trinajstić information content (AvgIpc) is 2.93. The highest BCUT2D eigenvalue weighted by Crippen LogP contribution is 2.15. The second-order valence-electron chi connectivity index (χ2n) is 4.29. The first-order valence-electron chi connectivity index (χ1n) is 6.25. The number of benzene rings is 1. The summed E-state index contributed by atoms with van der Waals surface area (Å²) in [6.45, 7) is 2.20. The molecular formula is C13H15N3O2S3. The van der Waals surface area contributed by atoms with Crippen molar-refractivity contribution < 1.29 is 8.42 Å². The van der Waals surface area contributed by atoms with Crippen LogP contribution in [0.1, 0.15) is 22.4 Å². The number of thiocarbonyl (C=S) groups is 1. The van der Waals surface area contributed by atoms with E-state index in [0.717, 1.165) is 16.3 Å². The first-order chi connectivity index (χ1) is 9.92. The summed E-state index contributed by atoms with van der Waals surface area (Å²) in [4.78, 5) is 5.61. The van der Waals surface area contributed by atoms with Crippen LogP contribution in [0.3, 0.4) is 0 Å². The Hall–Kier alpha value is -1.35. The third kappa shape index (κ3) is 4.07. The molecule has 0 unspecified atom stereocenters. The number of nitrogens with two attached hydrogens (primary N) is 1. The molecular weight excluding hydrogens is 326 g/mol. The highest BCUT2D eigenvalue weighted by Gasteiger charge is 2.15. The summed E-state index contributed by atoms with van der Waals surface area (Å²) < 4.78 is 27.0. The largest absolute Gasteiger partial charge is 0.389 e. The quantitative estimate of drug-likeness (QED) is 0.783. The summed E-state index contributed by atoms with van der Waals surface area (Å²) in [5.74, 6) is 0. The third-order valence-electron chi connectivity index (χ3n) is 2.79. The van der Waals surface area contributed by atoms with Crippen LogP contribution in [0.4, 0.5) is 0 Å². The minimum Gasteiger partial charge on any atom is -0.389 e. The van der Waals surface area contributed by atoms with Gasteiger partial charge in [0.2, 0.25) is 10.0 Å². The maximum Gasteiger partial charge on any atom is 0.240 e. The Labute approximate surface area is 133 Å². The van der Waals surface area contributed by atoms with Crippen LogP contribution in [0.25, 0.3) is 0 Å². The molecule has 2 rings (SSSR count). The second-order valence-corrected chi connectivity index (χ2v) is 7.70. The van der Waals surface area contributed by atoms with Crippen LogP contribution >= 0.6 is 23.6 Å². The van der Waals surface area contributed by atoms with Gasteiger partial charge in [-0.15, -0.1) is 11.3 Å². The van der Waals surface area contributed by atoms with E-state index in [1.54, 1.807) is 18.3 Å². The van der Waals surface area contributed by atoms with Crippen molar-refractivity contribution in [2.75, 3.05) is 0 Å². The van der Waals surface area contributed by atoms with Gasteiger partial charge in [-0.1, -0.05) is 31.3 Å². The summed E-state index contributed by atoms with van der Waals surface area (Å²) in [6.07, 6.45) is 2.65. The molecule has 0 bridgehead atoms. The van der Waals surface area contributed by atoms with Crippen molar-refractivity contribution in [1.82, 2.24) is 9.71 Å². The molecule has 0 aliphatic rings. The summed E-state index contributed by atoms with van der Waals surface area (Å²) in [5.41, 5.74) is 6.04. The van der Waals surface area contributed by atoms with Crippen molar-refractivity contribution in [2.24, 2.45) is 5.73 Å². The fourth-order valence-corrected chi connectivity index (χ4v) is 3.70. The molecule has 0 saturated heterocycles. The van der Waals surface area contributed by atoms with E-state index in [-0.39, 0.29) is 16.4 Å². The molecule has 0 spiro atoms. The van der Waals surface area contributed by atoms with Crippen LogP contribution in [0.5, 0.6) is 0 Å². The maximum absolute atomic E-state index is 12.2. The van der Waals surface area contributed by atoms with Crippen LogP contribution in [0, 0.1) is 0 Å². The van der Waals surface area contributed by atoms with Gasteiger partial charge >= 0.3 is 0 Å². The number of aryl methyl sites for hydroxylation is 1. The predicted molar refractivity (Wildman–Crippen MR) is 87.8 cm³/mol. The SMILES string of the molecule is CCc1cnc(CNS(=O)(=O)c2cccc(C(N)=S)c2)s1. The Morgan fingerprint density at radius 1 is 1.48 bits per heavy atom. The first kappa shape index (κ1) is 16.0. The molecule has 0 radical (unpaired) electrons. The predicted octanol–water partition coefficient (Wildman–Crippen LogP) is 1.82. The van der Waals surface area contributed by atoms with Gasteiger partial charge in [0.05, 0.1) is 11.4 Å². The molecule has 1 aromatic heterocycles. The van der Waals surface area contributed by atoms with Crippen LogP contribution in [-0.4, -0.2) is 18.4 Å². The zero-order valence-electron chi connectivity index (χ0n) is 11.4. The molecule has 5 nitrogen and oxygen atoms in total. The number of rotatable bonds is 6. The number of nitrogens with zero attached hydrogens (tertiary/aromatic N) is 1. The van der Waals surface area contributed by atoms with E-state index < -0.39 is 10.0 Å². The molecule has 0 amide bonds. The van der Waals surface area contributed by atoms with E-state index in [4.69, 9.17) is 18.0 Å². The molecule has 0 atom stereocenters. The van der Waals surface area contributed by atoms with Crippen molar-refractivity contribution >= 4 is 38.6 Å². The molecule has 0 aliphatic heterocycles. The molecule has 0 fully saturated rings. The monoisotopic (exact) mass is 341 g/mol. The lowest BCUT2D eigenvalue weighted by Gasteiger charge is -2.06. The van der Waals surface area contributed by atoms with Gasteiger partial charge in [0.25, 0.3) is 0 Å². The van der Waals surface area contributed by atoms with E-state index in [9.17, 15) is 8.42 Å². The minimum atomic E-state index is -3.61. The standard InChI is InChI=1S/C13H15N3O2S3/c1-2-10-7-15-12(20-10)8-16-21(17,18)11-5-3-4-9(6-11)13(14)19/h3-7,16H,2,8H2,1H3,(H2,14,19). The molecule has 0 aliphatic carbocycles. The lowest BCUT2D eigenvalue weighted by molar-refractivity contribution is 0.581. The van der Waals surface area contributed by atoms with Crippen molar-refractivity contribution in [1.29, 1.82) is 0 Å². The van der Waals surface area contributed by atoms with Gasteiger partial charge in [0.1, 0.15) is 10.00 Å². The van der Waals surface area contributed by atoms with Gasteiger partial charge in [0.15, 0.2) is 0 Å². The van der Waals surface area contributed by atoms with Crippen LogP contribution in [0.15, 0.2) is 35.4 Å². The average molecular weight is 341 g/mol. The van der Waals surface area contributed by atoms with Gasteiger partial charge in [-0.25, -0.2) is 18.1 Å². The normalized spacial score (nSPS) is 11.5. The zero-order valence-corrected chi connectivity index (χ0v) is 13.8. The van der Waals surface area contributed by atoms with Gasteiger partial charge in [-0.05, 0) is 18.6 Å². The number of hydrogen-bond acceptors (Lipinski definition) is 5. The summed E-state index contributed by atoms with van der Waals surface area (Å²) in [7, 11) is -3.61. The lowest BCUT2D eigenvalue weighted by Crippen LogP contribution is -2.23. The Morgan fingerprint density at radius 2 is 2.24 bits per heavy atom. The minimum absolute atomic E-state index is 0.139. The van der Waals surface area contributed by atoms with Gasteiger partial charge < -0.3 is 5.73 Å². The van der Waals surface area contributed by atoms with Crippen LogP contribution in [0.2, 0.25) is 0 Å². The first-order valence-corrected chi connectivity index (χ1v) is 8.96. The molecule has 3 N–H and O–H groups in total. The van der Waals surface area contributed by atoms with E-state index in [2.05, 4.69) is 9.71 Å². The van der Waals surface area contributed by atoms with Crippen LogP contribution < -0.4 is 10.5 Å². The summed E-state index contributed by atoms with van der Waals surface area (Å²) in [5, 5.41) is 0.737. The molecule has 112 valence electrons. The highest BCUT2D eigenvalue weighted by atomic mass is 32.2. The van der Waals surface area contributed by atoms with Crippen molar-refractivity contribution in [3.8, 4) is 0 Å². The number of aromatic nitrogens is 1. The van der Waals surface area contributed by atoms with Crippen LogP contribution in [-0.2, 0) is 23.0 Å². The fourth-order valence-electron chi connectivity index (χ4n) is 1.65. The Balaban J connectivity index is 2.14. The topological polar surface area (TPSA) is 85.1 Å². The summed E-state index contributed by atoms with van der Waals surface area (Å²) in [6, 6.07) is 6.25. The number of thiazole rings is 1. The summed E-state index contributed by atoms with van der Waals surface area (Å²) >= 11 is 6.35. The third-order valence-corrected chi connectivity index (χ3v) is 5.57. The molecule has 21 heavy (non-hydrogen) atoms. The van der Waals surface area contributed by atoms with Crippen molar-refractivity contribution in [3.63, 3.8) is 0 Å². The Kier molecular flexibility index (Phi) is 5.04. The Bertz CT molecular complexity index is 754. The molecule has 2 aromatic rings. The Morgan fingerprint density at radius 3 is 2.86 bits per heavy atom. The van der Waals surface area contributed by atoms with Crippen molar-refractivity contribution in [2.45, 2.75) is 24.8 Å². The molecule has 1 aromatic carbocycles. The van der Waals surface area contributed by atoms with E-state index in [1.165, 1.54) is 23.5 Å². The van der Waals surface area contributed by atoms with Gasteiger partial charge in [0, 0.05) is 16.6 Å². The molecule has 8 heteroatoms.